The van der Waals surface area contributed by atoms with Crippen LogP contribution >= 0.6 is 0 Å². The number of aliphatic hydroxyl groups excluding tert-OH is 1. The van der Waals surface area contributed by atoms with Crippen LogP contribution in [0.1, 0.15) is 24.7 Å². The van der Waals surface area contributed by atoms with Crippen LogP contribution in [0.5, 0.6) is 28.7 Å². The molecule has 1 aliphatic heterocycles. The summed E-state index contributed by atoms with van der Waals surface area (Å²) in [5.74, 6) is -0.589. The van der Waals surface area contributed by atoms with Gasteiger partial charge in [0.2, 0.25) is 0 Å². The van der Waals surface area contributed by atoms with E-state index in [1.54, 1.807) is 0 Å². The molecule has 23 heavy (non-hydrogen) atoms. The Bertz CT molecular complexity index is 703. The summed E-state index contributed by atoms with van der Waals surface area (Å²) in [6.07, 6.45) is -1.56. The van der Waals surface area contributed by atoms with E-state index in [0.717, 1.165) is 0 Å². The van der Waals surface area contributed by atoms with Crippen molar-refractivity contribution in [1.29, 1.82) is 0 Å². The maximum atomic E-state index is 10.2. The summed E-state index contributed by atoms with van der Waals surface area (Å²) in [6, 6.07) is 6.67. The second-order valence-corrected chi connectivity index (χ2v) is 5.00. The first-order valence-electron chi connectivity index (χ1n) is 6.37. The third-order valence-electron chi connectivity index (χ3n) is 3.51. The fraction of sp³-hybridized carbons (Fsp3) is 0.250. The summed E-state index contributed by atoms with van der Waals surface area (Å²) in [5.41, 5.74) is 0.894. The summed E-state index contributed by atoms with van der Waals surface area (Å²) in [6.45, 7) is 0. The first kappa shape index (κ1) is 18.5. The molecule has 5 N–H and O–H groups in total. The first-order chi connectivity index (χ1) is 9.95. The molecule has 0 saturated carbocycles. The van der Waals surface area contributed by atoms with E-state index in [0.29, 0.717) is 11.1 Å². The van der Waals surface area contributed by atoms with Crippen molar-refractivity contribution in [2.24, 2.45) is 0 Å². The summed E-state index contributed by atoms with van der Waals surface area (Å²) in [4.78, 5) is 0. The van der Waals surface area contributed by atoms with Crippen molar-refractivity contribution >= 4 is 8.41 Å². The van der Waals surface area contributed by atoms with Crippen molar-refractivity contribution in [3.8, 4) is 28.7 Å². The molecule has 121 valence electrons. The Morgan fingerprint density at radius 3 is 2.26 bits per heavy atom. The van der Waals surface area contributed by atoms with Gasteiger partial charge in [0.05, 0.1) is 6.10 Å². The van der Waals surface area contributed by atoms with Gasteiger partial charge in [0.1, 0.15) is 23.4 Å². The molecule has 1 aliphatic rings. The molecule has 0 amide bonds. The highest BCUT2D eigenvalue weighted by molar-refractivity contribution is 5.75. The SMILES string of the molecule is C.Oc1cc(O)c2c(c1)OC(c1ccc(O)c(O)c1)C(O)C2.[B]. The number of hydrogen-bond donors (Lipinski definition) is 5. The summed E-state index contributed by atoms with van der Waals surface area (Å²) < 4.78 is 5.62. The standard InChI is InChI=1S/C15H14O6.CH4.B/c16-8-4-11(18)9-6-13(20)15(21-14(9)5-8)7-1-2-10(17)12(19)3-7;;/h1-5,13,15-20H,6H2;1H4;. The van der Waals surface area contributed by atoms with Crippen molar-refractivity contribution < 1.29 is 30.3 Å². The van der Waals surface area contributed by atoms with Crippen molar-refractivity contribution in [2.75, 3.05) is 0 Å². The second kappa shape index (κ2) is 6.70. The normalized spacial score (nSPS) is 18.8. The van der Waals surface area contributed by atoms with Crippen molar-refractivity contribution in [2.45, 2.75) is 26.1 Å². The van der Waals surface area contributed by atoms with Gasteiger partial charge in [0, 0.05) is 32.5 Å². The summed E-state index contributed by atoms with van der Waals surface area (Å²) in [7, 11) is 0. The number of aromatic hydroxyl groups is 4. The van der Waals surface area contributed by atoms with Crippen LogP contribution in [0, 0.1) is 0 Å². The van der Waals surface area contributed by atoms with Crippen LogP contribution in [0.4, 0.5) is 0 Å². The lowest BCUT2D eigenvalue weighted by Gasteiger charge is -2.31. The van der Waals surface area contributed by atoms with E-state index in [2.05, 4.69) is 0 Å². The number of phenols is 4. The Kier molecular flexibility index (Phi) is 5.40. The maximum Gasteiger partial charge on any atom is 0.157 e. The maximum absolute atomic E-state index is 10.2. The average Bonchev–Trinajstić information content (AvgIpc) is 2.42. The van der Waals surface area contributed by atoms with Crippen molar-refractivity contribution in [3.63, 3.8) is 0 Å². The van der Waals surface area contributed by atoms with Gasteiger partial charge in [0.15, 0.2) is 11.5 Å². The van der Waals surface area contributed by atoms with Crippen LogP contribution < -0.4 is 4.74 Å². The topological polar surface area (TPSA) is 110 Å². The highest BCUT2D eigenvalue weighted by atomic mass is 16.5. The molecule has 2 unspecified atom stereocenters. The van der Waals surface area contributed by atoms with E-state index < -0.39 is 12.2 Å². The van der Waals surface area contributed by atoms with E-state index in [4.69, 9.17) is 4.74 Å². The number of aliphatic hydroxyl groups is 1. The van der Waals surface area contributed by atoms with Crippen LogP contribution in [-0.2, 0) is 6.42 Å². The summed E-state index contributed by atoms with van der Waals surface area (Å²) in [5, 5.41) is 48.3. The first-order valence-corrected chi connectivity index (χ1v) is 6.37. The number of phenolic OH excluding ortho intramolecular Hbond substituents is 4. The van der Waals surface area contributed by atoms with Gasteiger partial charge in [-0.05, 0) is 17.7 Å². The van der Waals surface area contributed by atoms with Gasteiger partial charge in [-0.2, -0.15) is 0 Å². The Hall–Kier alpha value is -2.54. The lowest BCUT2D eigenvalue weighted by atomic mass is 9.94. The molecule has 2 atom stereocenters. The van der Waals surface area contributed by atoms with Gasteiger partial charge in [-0.15, -0.1) is 0 Å². The van der Waals surface area contributed by atoms with Gasteiger partial charge in [-0.25, -0.2) is 0 Å². The molecular weight excluding hydrogens is 299 g/mol. The van der Waals surface area contributed by atoms with Crippen LogP contribution in [0.25, 0.3) is 0 Å². The smallest absolute Gasteiger partial charge is 0.157 e. The van der Waals surface area contributed by atoms with Crippen LogP contribution in [0.15, 0.2) is 30.3 Å². The molecule has 1 heterocycles. The fourth-order valence-corrected chi connectivity index (χ4v) is 2.47. The Labute approximate surface area is 135 Å². The molecule has 0 spiro atoms. The second-order valence-electron chi connectivity index (χ2n) is 5.00. The third kappa shape index (κ3) is 3.29. The average molecular weight is 317 g/mol. The Morgan fingerprint density at radius 2 is 1.61 bits per heavy atom. The van der Waals surface area contributed by atoms with Gasteiger partial charge in [-0.1, -0.05) is 13.5 Å². The Morgan fingerprint density at radius 1 is 0.913 bits per heavy atom. The lowest BCUT2D eigenvalue weighted by molar-refractivity contribution is 0.0197. The number of fused-ring (bicyclic) bond motifs is 1. The zero-order valence-electron chi connectivity index (χ0n) is 11.5. The predicted molar refractivity (Wildman–Crippen MR) is 85.1 cm³/mol. The lowest BCUT2D eigenvalue weighted by Crippen LogP contribution is -2.30. The fourth-order valence-electron chi connectivity index (χ4n) is 2.47. The highest BCUT2D eigenvalue weighted by Crippen LogP contribution is 2.42. The van der Waals surface area contributed by atoms with Crippen LogP contribution in [-0.4, -0.2) is 40.0 Å². The monoisotopic (exact) mass is 317 g/mol. The summed E-state index contributed by atoms with van der Waals surface area (Å²) >= 11 is 0. The van der Waals surface area contributed by atoms with Crippen molar-refractivity contribution in [1.82, 2.24) is 0 Å². The molecule has 3 rings (SSSR count). The quantitative estimate of drug-likeness (QED) is 0.405. The minimum atomic E-state index is -0.933. The molecule has 0 aliphatic carbocycles. The van der Waals surface area contributed by atoms with Gasteiger partial charge >= 0.3 is 0 Å². The van der Waals surface area contributed by atoms with E-state index in [1.165, 1.54) is 30.3 Å². The molecule has 0 saturated heterocycles. The van der Waals surface area contributed by atoms with E-state index >= 15 is 0 Å². The molecule has 2 aromatic carbocycles. The highest BCUT2D eigenvalue weighted by Gasteiger charge is 2.32. The molecule has 7 heteroatoms. The Balaban J connectivity index is 0.00000132. The van der Waals surface area contributed by atoms with Crippen molar-refractivity contribution in [3.05, 3.63) is 41.5 Å². The number of rotatable bonds is 1. The number of benzene rings is 2. The minimum absolute atomic E-state index is 0. The van der Waals surface area contributed by atoms with E-state index in [-0.39, 0.29) is 51.0 Å². The number of ether oxygens (including phenoxy) is 1. The molecule has 0 bridgehead atoms. The van der Waals surface area contributed by atoms with Gasteiger partial charge in [-0.3, -0.25) is 0 Å². The number of hydrogen-bond acceptors (Lipinski definition) is 6. The molecule has 0 aromatic heterocycles. The molecule has 2 aromatic rings. The van der Waals surface area contributed by atoms with Gasteiger partial charge < -0.3 is 30.3 Å². The molecule has 0 fully saturated rings. The predicted octanol–water partition coefficient (Wildman–Crippen LogP) is 1.80. The molecular formula is C16H18BO6. The molecule has 3 radical (unpaired) electrons. The van der Waals surface area contributed by atoms with Crippen LogP contribution in [0.3, 0.4) is 0 Å². The zero-order valence-corrected chi connectivity index (χ0v) is 11.5. The van der Waals surface area contributed by atoms with Crippen LogP contribution in [0.2, 0.25) is 0 Å². The molecule has 6 nitrogen and oxygen atoms in total. The zero-order chi connectivity index (χ0) is 15.1. The largest absolute Gasteiger partial charge is 0.508 e. The third-order valence-corrected chi connectivity index (χ3v) is 3.51. The van der Waals surface area contributed by atoms with E-state index in [1.807, 2.05) is 0 Å². The van der Waals surface area contributed by atoms with E-state index in [9.17, 15) is 25.5 Å². The van der Waals surface area contributed by atoms with Gasteiger partial charge in [0.25, 0.3) is 0 Å². The minimum Gasteiger partial charge on any atom is -0.508 e.